The van der Waals surface area contributed by atoms with E-state index < -0.39 is 49.6 Å². The van der Waals surface area contributed by atoms with E-state index in [0.29, 0.717) is 24.5 Å². The van der Waals surface area contributed by atoms with Crippen LogP contribution in [0.1, 0.15) is 45.4 Å². The topological polar surface area (TPSA) is 109 Å². The van der Waals surface area contributed by atoms with Crippen molar-refractivity contribution in [2.45, 2.75) is 48.7 Å². The van der Waals surface area contributed by atoms with Gasteiger partial charge in [0, 0.05) is 12.7 Å². The lowest BCUT2D eigenvalue weighted by Crippen LogP contribution is -2.32. The van der Waals surface area contributed by atoms with Gasteiger partial charge in [0.15, 0.2) is 9.84 Å². The molecule has 0 aliphatic heterocycles. The number of rotatable bonds is 8. The minimum absolute atomic E-state index is 0.0668. The van der Waals surface area contributed by atoms with Crippen LogP contribution in [0.15, 0.2) is 23.2 Å². The van der Waals surface area contributed by atoms with Crippen LogP contribution >= 0.6 is 11.3 Å². The summed E-state index contributed by atoms with van der Waals surface area (Å²) in [6, 6.07) is 3.96. The maximum absolute atomic E-state index is 13.8. The van der Waals surface area contributed by atoms with Crippen LogP contribution in [-0.4, -0.2) is 38.4 Å². The SMILES string of the molecule is CCS(=O)(=O)c1cc(C2(C#N)CC2)cnc1NCc1cc(C(F)(F)C(F)(F)F)sc1C(=O)OC. The molecule has 0 radical (unpaired) electrons. The minimum Gasteiger partial charge on any atom is -0.465 e. The van der Waals surface area contributed by atoms with Crippen LogP contribution in [0.5, 0.6) is 0 Å². The summed E-state index contributed by atoms with van der Waals surface area (Å²) in [5.74, 6) is -6.82. The number of ether oxygens (including phenoxy) is 1. The number of thiophene rings is 1. The van der Waals surface area contributed by atoms with Crippen molar-refractivity contribution in [2.75, 3.05) is 18.2 Å². The number of alkyl halides is 5. The van der Waals surface area contributed by atoms with Crippen LogP contribution in [0.25, 0.3) is 0 Å². The molecule has 0 spiro atoms. The van der Waals surface area contributed by atoms with E-state index in [0.717, 1.165) is 7.11 Å². The number of carbonyl (C=O) groups excluding carboxylic acids is 1. The summed E-state index contributed by atoms with van der Waals surface area (Å²) in [5, 5.41) is 12.0. The van der Waals surface area contributed by atoms with Crippen LogP contribution in [0.4, 0.5) is 27.8 Å². The molecule has 2 aromatic heterocycles. The Morgan fingerprint density at radius 1 is 1.29 bits per heavy atom. The van der Waals surface area contributed by atoms with Gasteiger partial charge in [-0.1, -0.05) is 6.92 Å². The summed E-state index contributed by atoms with van der Waals surface area (Å²) in [4.78, 5) is 13.9. The van der Waals surface area contributed by atoms with Crippen molar-refractivity contribution in [3.05, 3.63) is 39.2 Å². The Kier molecular flexibility index (Phi) is 6.66. The van der Waals surface area contributed by atoms with E-state index in [9.17, 15) is 40.4 Å². The molecule has 7 nitrogen and oxygen atoms in total. The van der Waals surface area contributed by atoms with E-state index in [1.165, 1.54) is 19.2 Å². The zero-order valence-corrected chi connectivity index (χ0v) is 19.4. The Balaban J connectivity index is 2.00. The highest BCUT2D eigenvalue weighted by atomic mass is 32.2. The van der Waals surface area contributed by atoms with Crippen molar-refractivity contribution in [3.8, 4) is 6.07 Å². The van der Waals surface area contributed by atoms with E-state index >= 15 is 0 Å². The Labute approximate surface area is 195 Å². The summed E-state index contributed by atoms with van der Waals surface area (Å²) in [5.41, 5.74) is -0.671. The van der Waals surface area contributed by atoms with Crippen molar-refractivity contribution in [1.82, 2.24) is 4.98 Å². The first-order valence-corrected chi connectivity index (χ1v) is 12.2. The predicted octanol–water partition coefficient (Wildman–Crippen LogP) is 4.54. The van der Waals surface area contributed by atoms with Gasteiger partial charge in [-0.05, 0) is 36.1 Å². The van der Waals surface area contributed by atoms with Gasteiger partial charge in [0.1, 0.15) is 15.6 Å². The lowest BCUT2D eigenvalue weighted by Gasteiger charge is -2.17. The van der Waals surface area contributed by atoms with Gasteiger partial charge in [-0.15, -0.1) is 11.3 Å². The van der Waals surface area contributed by atoms with Crippen LogP contribution in [0.3, 0.4) is 0 Å². The van der Waals surface area contributed by atoms with Crippen LogP contribution in [0.2, 0.25) is 0 Å². The van der Waals surface area contributed by atoms with E-state index in [2.05, 4.69) is 21.1 Å². The van der Waals surface area contributed by atoms with Crippen LogP contribution < -0.4 is 5.32 Å². The van der Waals surface area contributed by atoms with Gasteiger partial charge < -0.3 is 10.1 Å². The van der Waals surface area contributed by atoms with Crippen molar-refractivity contribution in [3.63, 3.8) is 0 Å². The third-order valence-electron chi connectivity index (χ3n) is 5.38. The highest BCUT2D eigenvalue weighted by Gasteiger charge is 2.60. The quantitative estimate of drug-likeness (QED) is 0.400. The second-order valence-corrected chi connectivity index (χ2v) is 10.8. The number of anilines is 1. The number of pyridine rings is 1. The number of nitrogens with zero attached hydrogens (tertiary/aromatic N) is 2. The zero-order chi connectivity index (χ0) is 25.5. The molecule has 1 N–H and O–H groups in total. The molecule has 34 heavy (non-hydrogen) atoms. The number of nitriles is 1. The third-order valence-corrected chi connectivity index (χ3v) is 8.34. The summed E-state index contributed by atoms with van der Waals surface area (Å²) in [6.45, 7) is 0.902. The molecule has 0 amide bonds. The number of esters is 1. The molecule has 1 saturated carbocycles. The molecule has 1 fully saturated rings. The Morgan fingerprint density at radius 3 is 2.44 bits per heavy atom. The molecular weight excluding hydrogens is 505 g/mol. The lowest BCUT2D eigenvalue weighted by molar-refractivity contribution is -0.287. The number of carbonyl (C=O) groups is 1. The molecule has 2 heterocycles. The number of sulfone groups is 1. The van der Waals surface area contributed by atoms with E-state index in [4.69, 9.17) is 0 Å². The number of methoxy groups -OCH3 is 1. The Hall–Kier alpha value is -2.79. The van der Waals surface area contributed by atoms with Gasteiger partial charge >= 0.3 is 18.1 Å². The van der Waals surface area contributed by atoms with Crippen molar-refractivity contribution >= 4 is 33.0 Å². The minimum atomic E-state index is -5.88. The molecule has 1 aliphatic rings. The van der Waals surface area contributed by atoms with Crippen molar-refractivity contribution < 1.29 is 39.9 Å². The average Bonchev–Trinajstić information content (AvgIpc) is 3.47. The van der Waals surface area contributed by atoms with E-state index in [-0.39, 0.29) is 33.4 Å². The summed E-state index contributed by atoms with van der Waals surface area (Å²) >= 11 is -0.0668. The molecule has 0 saturated heterocycles. The summed E-state index contributed by atoms with van der Waals surface area (Å²) < 4.78 is 95.9. The number of nitrogens with one attached hydrogen (secondary N) is 1. The van der Waals surface area contributed by atoms with Gasteiger partial charge in [-0.2, -0.15) is 27.2 Å². The largest absolute Gasteiger partial charge is 0.465 e. The Morgan fingerprint density at radius 2 is 1.94 bits per heavy atom. The first-order valence-electron chi connectivity index (χ1n) is 9.77. The first-order chi connectivity index (χ1) is 15.7. The maximum atomic E-state index is 13.8. The molecule has 0 aromatic carbocycles. The number of halogens is 5. The lowest BCUT2D eigenvalue weighted by atomic mass is 10.00. The van der Waals surface area contributed by atoms with Gasteiger partial charge in [0.25, 0.3) is 0 Å². The molecule has 2 aromatic rings. The second-order valence-electron chi connectivity index (χ2n) is 7.55. The van der Waals surface area contributed by atoms with E-state index in [1.54, 1.807) is 0 Å². The fourth-order valence-corrected chi connectivity index (χ4v) is 5.25. The standard InChI is InChI=1S/C20H18F5N3O4S2/c1-3-34(30,31)13-7-12(18(10-26)4-5-18)9-28-16(13)27-8-11-6-14(19(21,22)20(23,24)25)33-15(11)17(29)32-2/h6-7,9H,3-5,8H2,1-2H3,(H,27,28). The van der Waals surface area contributed by atoms with Crippen molar-refractivity contribution in [1.29, 1.82) is 5.26 Å². The van der Waals surface area contributed by atoms with Crippen LogP contribution in [-0.2, 0) is 32.5 Å². The smallest absolute Gasteiger partial charge is 0.458 e. The number of hydrogen-bond donors (Lipinski definition) is 1. The molecular formula is C20H18F5N3O4S2. The predicted molar refractivity (Wildman–Crippen MR) is 111 cm³/mol. The molecule has 0 bridgehead atoms. The second kappa shape index (κ2) is 8.77. The molecule has 3 rings (SSSR count). The van der Waals surface area contributed by atoms with Gasteiger partial charge in [-0.25, -0.2) is 18.2 Å². The Bertz CT molecular complexity index is 1260. The van der Waals surface area contributed by atoms with Gasteiger partial charge in [-0.3, -0.25) is 0 Å². The monoisotopic (exact) mass is 523 g/mol. The normalized spacial score (nSPS) is 15.5. The van der Waals surface area contributed by atoms with Gasteiger partial charge in [0.2, 0.25) is 0 Å². The number of aromatic nitrogens is 1. The van der Waals surface area contributed by atoms with Crippen LogP contribution in [0, 0.1) is 11.3 Å². The molecule has 0 unspecified atom stereocenters. The summed E-state index contributed by atoms with van der Waals surface area (Å²) in [7, 11) is -2.92. The number of hydrogen-bond acceptors (Lipinski definition) is 8. The third kappa shape index (κ3) is 4.58. The highest BCUT2D eigenvalue weighted by molar-refractivity contribution is 7.91. The maximum Gasteiger partial charge on any atom is 0.458 e. The van der Waals surface area contributed by atoms with Crippen molar-refractivity contribution in [2.24, 2.45) is 0 Å². The first kappa shape index (κ1) is 25.8. The fraction of sp³-hybridized carbons (Fsp3) is 0.450. The molecule has 14 heteroatoms. The molecule has 1 aliphatic carbocycles. The highest BCUT2D eigenvalue weighted by Crippen LogP contribution is 2.49. The molecule has 184 valence electrons. The summed E-state index contributed by atoms with van der Waals surface area (Å²) in [6.07, 6.45) is -3.49. The zero-order valence-electron chi connectivity index (χ0n) is 17.8. The van der Waals surface area contributed by atoms with Gasteiger partial charge in [0.05, 0.1) is 29.2 Å². The average molecular weight is 524 g/mol. The molecule has 0 atom stereocenters. The van der Waals surface area contributed by atoms with E-state index in [1.807, 2.05) is 0 Å². The fourth-order valence-electron chi connectivity index (χ4n) is 3.12.